The summed E-state index contributed by atoms with van der Waals surface area (Å²) < 4.78 is 1.68. The first kappa shape index (κ1) is 14.1. The fraction of sp³-hybridized carbons (Fsp3) is 0.250. The lowest BCUT2D eigenvalue weighted by molar-refractivity contribution is 0.700. The number of benzene rings is 1. The summed E-state index contributed by atoms with van der Waals surface area (Å²) in [7, 11) is 0. The summed E-state index contributed by atoms with van der Waals surface area (Å²) in [5.74, 6) is 0.614. The summed E-state index contributed by atoms with van der Waals surface area (Å²) in [6.07, 6.45) is 4.68. The van der Waals surface area contributed by atoms with Crippen LogP contribution in [0, 0.1) is 0 Å². The lowest BCUT2D eigenvalue weighted by atomic mass is 9.97. The van der Waals surface area contributed by atoms with E-state index in [4.69, 9.17) is 16.6 Å². The van der Waals surface area contributed by atoms with Gasteiger partial charge in [-0.1, -0.05) is 11.6 Å². The van der Waals surface area contributed by atoms with Crippen molar-refractivity contribution < 1.29 is 0 Å². The van der Waals surface area contributed by atoms with Crippen LogP contribution in [0.2, 0.25) is 5.02 Å². The van der Waals surface area contributed by atoms with Crippen LogP contribution in [-0.4, -0.2) is 25.0 Å². The van der Waals surface area contributed by atoms with Gasteiger partial charge in [0, 0.05) is 15.6 Å². The number of thiophene rings is 1. The quantitative estimate of drug-likeness (QED) is 0.587. The molecule has 0 saturated heterocycles. The number of anilines is 2. The number of aromatic nitrogens is 5. The van der Waals surface area contributed by atoms with Crippen LogP contribution in [0.3, 0.4) is 0 Å². The van der Waals surface area contributed by atoms with Gasteiger partial charge in [-0.2, -0.15) is 4.52 Å². The number of nitrogens with zero attached hydrogens (tertiary/aromatic N) is 5. The predicted molar refractivity (Wildman–Crippen MR) is 95.3 cm³/mol. The van der Waals surface area contributed by atoms with Gasteiger partial charge in [0.15, 0.2) is 5.65 Å². The zero-order valence-corrected chi connectivity index (χ0v) is 14.2. The molecule has 5 rings (SSSR count). The highest BCUT2D eigenvalue weighted by Gasteiger charge is 2.22. The van der Waals surface area contributed by atoms with E-state index in [9.17, 15) is 0 Å². The Morgan fingerprint density at radius 3 is 2.83 bits per heavy atom. The smallest absolute Gasteiger partial charge is 0.233 e. The van der Waals surface area contributed by atoms with Gasteiger partial charge in [-0.05, 0) is 65.9 Å². The molecule has 4 aromatic rings. The van der Waals surface area contributed by atoms with E-state index in [1.54, 1.807) is 15.9 Å². The summed E-state index contributed by atoms with van der Waals surface area (Å²) >= 11 is 7.71. The van der Waals surface area contributed by atoms with Crippen molar-refractivity contribution in [2.24, 2.45) is 0 Å². The van der Waals surface area contributed by atoms with Gasteiger partial charge < -0.3 is 5.32 Å². The first-order chi connectivity index (χ1) is 11.8. The van der Waals surface area contributed by atoms with Gasteiger partial charge in [-0.3, -0.25) is 0 Å². The van der Waals surface area contributed by atoms with Crippen LogP contribution in [-0.2, 0) is 12.8 Å². The Balaban J connectivity index is 1.70. The normalized spacial score (nSPS) is 14.2. The minimum absolute atomic E-state index is 0.614. The molecule has 0 saturated carbocycles. The zero-order chi connectivity index (χ0) is 16.1. The molecule has 0 spiro atoms. The fourth-order valence-electron chi connectivity index (χ4n) is 3.23. The molecule has 1 aliphatic rings. The molecule has 0 unspecified atom stereocenters. The number of nitrogens with one attached hydrogen (secondary N) is 1. The van der Waals surface area contributed by atoms with Crippen molar-refractivity contribution >= 4 is 50.4 Å². The van der Waals surface area contributed by atoms with Crippen molar-refractivity contribution in [1.82, 2.24) is 25.0 Å². The van der Waals surface area contributed by atoms with E-state index in [1.165, 1.54) is 23.3 Å². The minimum Gasteiger partial charge on any atom is -0.324 e. The second-order valence-corrected chi connectivity index (χ2v) is 7.39. The number of halogens is 1. The Kier molecular flexibility index (Phi) is 3.17. The first-order valence-electron chi connectivity index (χ1n) is 7.84. The minimum atomic E-state index is 0.614. The van der Waals surface area contributed by atoms with E-state index in [0.29, 0.717) is 11.0 Å². The van der Waals surface area contributed by atoms with Crippen molar-refractivity contribution in [2.75, 3.05) is 5.32 Å². The molecule has 0 aliphatic heterocycles. The maximum atomic E-state index is 5.95. The van der Waals surface area contributed by atoms with E-state index in [0.717, 1.165) is 34.4 Å². The first-order valence-corrected chi connectivity index (χ1v) is 9.04. The Labute approximate surface area is 146 Å². The van der Waals surface area contributed by atoms with Gasteiger partial charge in [0.25, 0.3) is 0 Å². The number of fused-ring (bicyclic) bond motifs is 5. The lowest BCUT2D eigenvalue weighted by Gasteiger charge is -2.10. The second-order valence-electron chi connectivity index (χ2n) is 5.87. The highest BCUT2D eigenvalue weighted by atomic mass is 35.5. The molecule has 1 N–H and O–H groups in total. The van der Waals surface area contributed by atoms with Gasteiger partial charge in [0.05, 0.1) is 5.39 Å². The van der Waals surface area contributed by atoms with E-state index in [1.807, 2.05) is 24.3 Å². The third-order valence-electron chi connectivity index (χ3n) is 4.35. The zero-order valence-electron chi connectivity index (χ0n) is 12.7. The Hall–Kier alpha value is -2.25. The molecule has 120 valence electrons. The molecule has 0 amide bonds. The third-order valence-corrected chi connectivity index (χ3v) is 5.79. The maximum Gasteiger partial charge on any atom is 0.233 e. The summed E-state index contributed by atoms with van der Waals surface area (Å²) in [6, 6.07) is 7.49. The van der Waals surface area contributed by atoms with Gasteiger partial charge in [0.2, 0.25) is 5.95 Å². The average molecular weight is 357 g/mol. The predicted octanol–water partition coefficient (Wildman–Crippen LogP) is 4.01. The van der Waals surface area contributed by atoms with E-state index in [-0.39, 0.29) is 0 Å². The molecule has 0 radical (unpaired) electrons. The number of tetrazole rings is 1. The summed E-state index contributed by atoms with van der Waals surface area (Å²) in [5, 5.41) is 17.3. The van der Waals surface area contributed by atoms with Crippen molar-refractivity contribution in [2.45, 2.75) is 25.7 Å². The van der Waals surface area contributed by atoms with Crippen molar-refractivity contribution in [3.05, 3.63) is 39.7 Å². The van der Waals surface area contributed by atoms with Crippen molar-refractivity contribution in [3.63, 3.8) is 0 Å². The monoisotopic (exact) mass is 356 g/mol. The van der Waals surface area contributed by atoms with Crippen LogP contribution < -0.4 is 5.32 Å². The SMILES string of the molecule is Clc1ccc(Nc2nc3sc4c(c3c3nnnn23)CCCC4)cc1. The summed E-state index contributed by atoms with van der Waals surface area (Å²) in [4.78, 5) is 7.22. The molecule has 0 atom stereocenters. The Morgan fingerprint density at radius 2 is 1.96 bits per heavy atom. The van der Waals surface area contributed by atoms with Crippen molar-refractivity contribution in [1.29, 1.82) is 0 Å². The second kappa shape index (κ2) is 5.39. The molecule has 3 heterocycles. The van der Waals surface area contributed by atoms with Gasteiger partial charge in [-0.25, -0.2) is 4.98 Å². The molecule has 1 aromatic carbocycles. The molecule has 1 aliphatic carbocycles. The fourth-order valence-corrected chi connectivity index (χ4v) is 4.62. The van der Waals surface area contributed by atoms with Crippen LogP contribution in [0.5, 0.6) is 0 Å². The summed E-state index contributed by atoms with van der Waals surface area (Å²) in [5.41, 5.74) is 3.05. The van der Waals surface area contributed by atoms with Crippen LogP contribution in [0.4, 0.5) is 11.6 Å². The Morgan fingerprint density at radius 1 is 1.12 bits per heavy atom. The highest BCUT2D eigenvalue weighted by Crippen LogP contribution is 2.38. The van der Waals surface area contributed by atoms with Crippen LogP contribution >= 0.6 is 22.9 Å². The standard InChI is InChI=1S/C16H13ClN6S/c17-9-5-7-10(8-6-9)18-16-19-15-13(14-20-21-22-23(14)16)11-3-1-2-4-12(11)24-15/h5-8H,1-4H2,(H,18,19). The van der Waals surface area contributed by atoms with Gasteiger partial charge in [0.1, 0.15) is 4.83 Å². The van der Waals surface area contributed by atoms with Crippen LogP contribution in [0.1, 0.15) is 23.3 Å². The van der Waals surface area contributed by atoms with Crippen LogP contribution in [0.25, 0.3) is 15.9 Å². The number of hydrogen-bond donors (Lipinski definition) is 1. The topological polar surface area (TPSA) is 68.0 Å². The largest absolute Gasteiger partial charge is 0.324 e. The molecule has 0 bridgehead atoms. The Bertz CT molecular complexity index is 1050. The van der Waals surface area contributed by atoms with Gasteiger partial charge in [-0.15, -0.1) is 16.4 Å². The summed E-state index contributed by atoms with van der Waals surface area (Å²) in [6.45, 7) is 0. The molecule has 6 nitrogen and oxygen atoms in total. The highest BCUT2D eigenvalue weighted by molar-refractivity contribution is 7.19. The molecule has 8 heteroatoms. The van der Waals surface area contributed by atoms with Crippen molar-refractivity contribution in [3.8, 4) is 0 Å². The van der Waals surface area contributed by atoms with E-state index >= 15 is 0 Å². The van der Waals surface area contributed by atoms with E-state index < -0.39 is 0 Å². The van der Waals surface area contributed by atoms with Crippen LogP contribution in [0.15, 0.2) is 24.3 Å². The third kappa shape index (κ3) is 2.16. The lowest BCUT2D eigenvalue weighted by Crippen LogP contribution is -2.04. The molecule has 24 heavy (non-hydrogen) atoms. The molecule has 0 fully saturated rings. The molecular formula is C16H13ClN6S. The average Bonchev–Trinajstić information content (AvgIpc) is 3.20. The molecular weight excluding hydrogens is 344 g/mol. The number of hydrogen-bond acceptors (Lipinski definition) is 6. The van der Waals surface area contributed by atoms with Gasteiger partial charge >= 0.3 is 0 Å². The number of aryl methyl sites for hydroxylation is 2. The number of rotatable bonds is 2. The van der Waals surface area contributed by atoms with E-state index in [2.05, 4.69) is 20.8 Å². The molecule has 3 aromatic heterocycles. The maximum absolute atomic E-state index is 5.95.